The standard InChI is InChI=1S/C23H29N3O4S/c1-23(2,3)24-15-16-9-10-18-19(11-12-30-21(18)13-16)25-22(27)14-20(26-31(28)29)17-7-5-4-6-8-17/h4-10,13,19-20,24H,11-12,14-15H2,1-3H3,(H,25,27). The second-order valence-electron chi connectivity index (χ2n) is 8.69. The summed E-state index contributed by atoms with van der Waals surface area (Å²) in [5, 5.41) is 6.48. The van der Waals surface area contributed by atoms with Crippen molar-refractivity contribution in [3.63, 3.8) is 0 Å². The van der Waals surface area contributed by atoms with Crippen molar-refractivity contribution in [2.24, 2.45) is 4.36 Å². The molecule has 0 bridgehead atoms. The summed E-state index contributed by atoms with van der Waals surface area (Å²) in [5.41, 5.74) is 2.74. The van der Waals surface area contributed by atoms with Crippen LogP contribution in [0.4, 0.5) is 0 Å². The molecule has 0 fully saturated rings. The van der Waals surface area contributed by atoms with Crippen molar-refractivity contribution >= 4 is 16.4 Å². The second-order valence-corrected chi connectivity index (χ2v) is 9.33. The molecule has 1 aliphatic heterocycles. The first kappa shape index (κ1) is 23.0. The third-order valence-corrected chi connectivity index (χ3v) is 5.48. The number of benzene rings is 2. The van der Waals surface area contributed by atoms with Crippen LogP contribution in [0.15, 0.2) is 52.9 Å². The summed E-state index contributed by atoms with van der Waals surface area (Å²) < 4.78 is 31.8. The number of amides is 1. The quantitative estimate of drug-likeness (QED) is 0.680. The number of nitrogens with one attached hydrogen (secondary N) is 2. The van der Waals surface area contributed by atoms with E-state index in [0.717, 1.165) is 23.4 Å². The van der Waals surface area contributed by atoms with Gasteiger partial charge in [0.2, 0.25) is 5.91 Å². The van der Waals surface area contributed by atoms with Crippen molar-refractivity contribution in [3.8, 4) is 5.75 Å². The van der Waals surface area contributed by atoms with Crippen LogP contribution in [0.5, 0.6) is 5.75 Å². The summed E-state index contributed by atoms with van der Waals surface area (Å²) in [7, 11) is -2.60. The minimum Gasteiger partial charge on any atom is -0.493 e. The molecule has 1 aliphatic rings. The SMILES string of the molecule is CC(C)(C)NCc1ccc2c(c1)OCCC2NC(=O)CC(N=S(=O)=O)c1ccccc1. The van der Waals surface area contributed by atoms with Crippen molar-refractivity contribution in [2.45, 2.75) is 57.8 Å². The molecule has 2 N–H and O–H groups in total. The predicted molar refractivity (Wildman–Crippen MR) is 119 cm³/mol. The van der Waals surface area contributed by atoms with Gasteiger partial charge in [-0.1, -0.05) is 42.5 Å². The number of ether oxygens (including phenoxy) is 1. The fourth-order valence-corrected chi connectivity index (χ4v) is 3.89. The Kier molecular flexibility index (Phi) is 7.46. The van der Waals surface area contributed by atoms with Gasteiger partial charge in [0.1, 0.15) is 11.8 Å². The first-order valence-electron chi connectivity index (χ1n) is 10.4. The molecule has 1 amide bonds. The van der Waals surface area contributed by atoms with Crippen LogP contribution in [-0.4, -0.2) is 26.5 Å². The largest absolute Gasteiger partial charge is 0.493 e. The van der Waals surface area contributed by atoms with Gasteiger partial charge in [-0.3, -0.25) is 4.79 Å². The highest BCUT2D eigenvalue weighted by Gasteiger charge is 2.25. The Hall–Kier alpha value is -2.71. The van der Waals surface area contributed by atoms with Crippen LogP contribution in [0.3, 0.4) is 0 Å². The molecule has 2 atom stereocenters. The summed E-state index contributed by atoms with van der Waals surface area (Å²) in [6.07, 6.45) is 0.608. The molecule has 0 saturated carbocycles. The van der Waals surface area contributed by atoms with Gasteiger partial charge in [0.15, 0.2) is 0 Å². The lowest BCUT2D eigenvalue weighted by molar-refractivity contribution is -0.122. The normalized spacial score (nSPS) is 16.5. The Labute approximate surface area is 184 Å². The number of hydrogen-bond acceptors (Lipinski definition) is 6. The number of carbonyl (C=O) groups is 1. The van der Waals surface area contributed by atoms with Gasteiger partial charge in [0, 0.05) is 24.1 Å². The van der Waals surface area contributed by atoms with Gasteiger partial charge < -0.3 is 15.4 Å². The van der Waals surface area contributed by atoms with Crippen LogP contribution < -0.4 is 15.4 Å². The lowest BCUT2D eigenvalue weighted by Crippen LogP contribution is -2.35. The van der Waals surface area contributed by atoms with E-state index >= 15 is 0 Å². The molecule has 0 spiro atoms. The zero-order chi connectivity index (χ0) is 22.4. The summed E-state index contributed by atoms with van der Waals surface area (Å²) in [5.74, 6) is 0.522. The highest BCUT2D eigenvalue weighted by atomic mass is 32.2. The third-order valence-electron chi connectivity index (χ3n) is 5.05. The lowest BCUT2D eigenvalue weighted by Gasteiger charge is -2.28. The summed E-state index contributed by atoms with van der Waals surface area (Å²) >= 11 is 0. The Balaban J connectivity index is 1.70. The summed E-state index contributed by atoms with van der Waals surface area (Å²) in [6, 6.07) is 14.1. The molecule has 8 heteroatoms. The average Bonchev–Trinajstić information content (AvgIpc) is 2.71. The molecule has 0 aromatic heterocycles. The molecule has 7 nitrogen and oxygen atoms in total. The van der Waals surface area contributed by atoms with Gasteiger partial charge in [0.25, 0.3) is 0 Å². The molecule has 2 aromatic carbocycles. The van der Waals surface area contributed by atoms with Crippen LogP contribution in [0, 0.1) is 0 Å². The maximum absolute atomic E-state index is 12.7. The molecule has 166 valence electrons. The molecule has 2 unspecified atom stereocenters. The zero-order valence-electron chi connectivity index (χ0n) is 18.1. The number of nitrogens with zero attached hydrogens (tertiary/aromatic N) is 1. The minimum atomic E-state index is -2.60. The highest BCUT2D eigenvalue weighted by Crippen LogP contribution is 2.33. The predicted octanol–water partition coefficient (Wildman–Crippen LogP) is 3.71. The van der Waals surface area contributed by atoms with Crippen molar-refractivity contribution < 1.29 is 17.9 Å². The van der Waals surface area contributed by atoms with Gasteiger partial charge >= 0.3 is 10.5 Å². The van der Waals surface area contributed by atoms with E-state index in [0.29, 0.717) is 18.6 Å². The Bertz CT molecular complexity index is 1040. The van der Waals surface area contributed by atoms with Gasteiger partial charge in [-0.2, -0.15) is 12.8 Å². The maximum Gasteiger partial charge on any atom is 0.311 e. The van der Waals surface area contributed by atoms with Crippen molar-refractivity contribution in [1.29, 1.82) is 0 Å². The maximum atomic E-state index is 12.7. The smallest absolute Gasteiger partial charge is 0.311 e. The zero-order valence-corrected chi connectivity index (χ0v) is 18.9. The highest BCUT2D eigenvalue weighted by molar-refractivity contribution is 7.61. The van der Waals surface area contributed by atoms with Crippen LogP contribution >= 0.6 is 0 Å². The van der Waals surface area contributed by atoms with Crippen LogP contribution in [0.1, 0.15) is 62.4 Å². The van der Waals surface area contributed by atoms with Crippen LogP contribution in [-0.2, 0) is 21.8 Å². The van der Waals surface area contributed by atoms with E-state index < -0.39 is 16.5 Å². The second kappa shape index (κ2) is 10.1. The number of rotatable bonds is 7. The summed E-state index contributed by atoms with van der Waals surface area (Å²) in [6.45, 7) is 7.58. The minimum absolute atomic E-state index is 0.0153. The van der Waals surface area contributed by atoms with Crippen molar-refractivity contribution in [3.05, 3.63) is 65.2 Å². The monoisotopic (exact) mass is 443 g/mol. The molecule has 0 radical (unpaired) electrons. The Morgan fingerprint density at radius 2 is 1.94 bits per heavy atom. The fraction of sp³-hybridized carbons (Fsp3) is 0.435. The first-order valence-corrected chi connectivity index (χ1v) is 11.4. The van der Waals surface area contributed by atoms with E-state index in [1.807, 2.05) is 24.3 Å². The summed E-state index contributed by atoms with van der Waals surface area (Å²) in [4.78, 5) is 12.7. The molecule has 0 saturated heterocycles. The van der Waals surface area contributed by atoms with Gasteiger partial charge in [-0.15, -0.1) is 0 Å². The van der Waals surface area contributed by atoms with E-state index in [-0.39, 0.29) is 23.9 Å². The molecular weight excluding hydrogens is 414 g/mol. The topological polar surface area (TPSA) is 96.9 Å². The Morgan fingerprint density at radius 3 is 2.61 bits per heavy atom. The molecule has 3 rings (SSSR count). The van der Waals surface area contributed by atoms with Crippen LogP contribution in [0.2, 0.25) is 0 Å². The molecule has 2 aromatic rings. The fourth-order valence-electron chi connectivity index (χ4n) is 3.48. The van der Waals surface area contributed by atoms with Gasteiger partial charge in [-0.05, 0) is 38.0 Å². The van der Waals surface area contributed by atoms with Crippen LogP contribution in [0.25, 0.3) is 0 Å². The molecular formula is C23H29N3O4S. The molecule has 1 heterocycles. The van der Waals surface area contributed by atoms with Crippen molar-refractivity contribution in [2.75, 3.05) is 6.61 Å². The lowest BCUT2D eigenvalue weighted by atomic mass is 9.97. The van der Waals surface area contributed by atoms with Gasteiger partial charge in [-0.25, -0.2) is 0 Å². The van der Waals surface area contributed by atoms with E-state index in [9.17, 15) is 13.2 Å². The third kappa shape index (κ3) is 6.90. The first-order chi connectivity index (χ1) is 14.7. The number of carbonyl (C=O) groups excluding carboxylic acids is 1. The number of hydrogen-bond donors (Lipinski definition) is 2. The van der Waals surface area contributed by atoms with E-state index in [4.69, 9.17) is 4.74 Å². The van der Waals surface area contributed by atoms with E-state index in [1.54, 1.807) is 24.3 Å². The van der Waals surface area contributed by atoms with E-state index in [2.05, 4.69) is 35.8 Å². The average molecular weight is 444 g/mol. The van der Waals surface area contributed by atoms with Gasteiger partial charge in [0.05, 0.1) is 19.1 Å². The molecule has 0 aliphatic carbocycles. The number of fused-ring (bicyclic) bond motifs is 1. The Morgan fingerprint density at radius 1 is 1.19 bits per heavy atom. The van der Waals surface area contributed by atoms with Crippen molar-refractivity contribution in [1.82, 2.24) is 10.6 Å². The molecule has 31 heavy (non-hydrogen) atoms. The van der Waals surface area contributed by atoms with E-state index in [1.165, 1.54) is 0 Å².